The van der Waals surface area contributed by atoms with E-state index in [1.165, 1.54) is 6.07 Å². The fourth-order valence-electron chi connectivity index (χ4n) is 6.61. The average molecular weight is 632 g/mol. The molecule has 0 saturated carbocycles. The van der Waals surface area contributed by atoms with Crippen LogP contribution in [0.15, 0.2) is 54.6 Å². The summed E-state index contributed by atoms with van der Waals surface area (Å²) in [4.78, 5) is 30.8. The van der Waals surface area contributed by atoms with E-state index in [2.05, 4.69) is 22.9 Å². The number of anilines is 2. The van der Waals surface area contributed by atoms with Gasteiger partial charge in [0.2, 0.25) is 0 Å². The molecule has 46 heavy (non-hydrogen) atoms. The Balaban J connectivity index is 1.25. The van der Waals surface area contributed by atoms with E-state index in [4.69, 9.17) is 19.4 Å². The van der Waals surface area contributed by atoms with Crippen LogP contribution in [-0.2, 0) is 24.3 Å². The second-order valence-electron chi connectivity index (χ2n) is 12.1. The number of hydrogen-bond acceptors (Lipinski definition) is 9. The number of carbonyl (C=O) groups excluding carboxylic acids is 1. The minimum atomic E-state index is -2.59. The van der Waals surface area contributed by atoms with Crippen LogP contribution in [0.5, 0.6) is 6.01 Å². The number of ether oxygens (including phenoxy) is 2. The third-order valence-corrected chi connectivity index (χ3v) is 9.16. The molecule has 2 saturated heterocycles. The first-order valence-electron chi connectivity index (χ1n) is 15.8. The predicted octanol–water partition coefficient (Wildman–Crippen LogP) is 5.19. The van der Waals surface area contributed by atoms with Gasteiger partial charge in [0.25, 0.3) is 6.43 Å². The molecular formula is C34H39F2N7O3. The molecule has 3 aliphatic rings. The average Bonchev–Trinajstić information content (AvgIpc) is 3.50. The molecule has 10 nitrogen and oxygen atoms in total. The van der Waals surface area contributed by atoms with Crippen molar-refractivity contribution in [3.8, 4) is 12.1 Å². The minimum absolute atomic E-state index is 0.00408. The molecule has 2 atom stereocenters. The summed E-state index contributed by atoms with van der Waals surface area (Å²) in [6.45, 7) is 3.70. The summed E-state index contributed by atoms with van der Waals surface area (Å²) in [6.07, 6.45) is -0.210. The second kappa shape index (κ2) is 14.3. The highest BCUT2D eigenvalue weighted by atomic mass is 19.3. The number of likely N-dealkylation sites (tertiary alicyclic amines) is 1. The number of aromatic nitrogens is 2. The maximum atomic E-state index is 13.9. The lowest BCUT2D eigenvalue weighted by Gasteiger charge is -2.42. The third kappa shape index (κ3) is 6.99. The summed E-state index contributed by atoms with van der Waals surface area (Å²) in [7, 11) is 2.08. The molecule has 1 unspecified atom stereocenters. The number of rotatable bonds is 9. The lowest BCUT2D eigenvalue weighted by Crippen LogP contribution is -2.55. The summed E-state index contributed by atoms with van der Waals surface area (Å²) >= 11 is 0. The largest absolute Gasteiger partial charge is 0.462 e. The Hall–Kier alpha value is -4.50. The third-order valence-electron chi connectivity index (χ3n) is 9.16. The summed E-state index contributed by atoms with van der Waals surface area (Å²) in [6, 6.07) is 18.4. The molecule has 0 spiro atoms. The van der Waals surface area contributed by atoms with E-state index >= 15 is 0 Å². The highest BCUT2D eigenvalue weighted by molar-refractivity contribution is 5.69. The zero-order valence-corrected chi connectivity index (χ0v) is 26.0. The van der Waals surface area contributed by atoms with Crippen LogP contribution in [0.25, 0.3) is 0 Å². The number of halogens is 2. The lowest BCUT2D eigenvalue weighted by atomic mass is 10.0. The van der Waals surface area contributed by atoms with Crippen LogP contribution >= 0.6 is 0 Å². The Bertz CT molecular complexity index is 1550. The number of carbonyl (C=O) groups is 1. The van der Waals surface area contributed by atoms with Crippen molar-refractivity contribution < 1.29 is 23.0 Å². The van der Waals surface area contributed by atoms with Crippen molar-refractivity contribution in [1.82, 2.24) is 19.8 Å². The minimum Gasteiger partial charge on any atom is -0.462 e. The van der Waals surface area contributed by atoms with Crippen LogP contribution in [0.4, 0.5) is 25.1 Å². The van der Waals surface area contributed by atoms with Crippen molar-refractivity contribution in [2.45, 2.75) is 57.3 Å². The first kappa shape index (κ1) is 31.5. The normalized spacial score (nSPS) is 20.0. The van der Waals surface area contributed by atoms with Crippen molar-refractivity contribution in [1.29, 1.82) is 5.26 Å². The number of nitrogens with zero attached hydrogens (tertiary/aromatic N) is 7. The van der Waals surface area contributed by atoms with Crippen LogP contribution in [0.3, 0.4) is 0 Å². The fraction of sp³-hybridized carbons (Fsp3) is 0.471. The summed E-state index contributed by atoms with van der Waals surface area (Å²) in [5.74, 6) is 0.710. The number of benzene rings is 2. The summed E-state index contributed by atoms with van der Waals surface area (Å²) < 4.78 is 39.6. The van der Waals surface area contributed by atoms with Crippen molar-refractivity contribution in [2.75, 3.05) is 56.2 Å². The maximum absolute atomic E-state index is 13.9. The summed E-state index contributed by atoms with van der Waals surface area (Å²) in [5.41, 5.74) is 3.05. The van der Waals surface area contributed by atoms with Gasteiger partial charge in [0.15, 0.2) is 0 Å². The Morgan fingerprint density at radius 1 is 1.02 bits per heavy atom. The van der Waals surface area contributed by atoms with Gasteiger partial charge in [-0.15, -0.1) is 0 Å². The number of para-hydroxylation sites is 1. The van der Waals surface area contributed by atoms with Gasteiger partial charge >= 0.3 is 12.1 Å². The highest BCUT2D eigenvalue weighted by Gasteiger charge is 2.35. The van der Waals surface area contributed by atoms with E-state index < -0.39 is 18.6 Å². The zero-order chi connectivity index (χ0) is 32.0. The number of alkyl halides is 2. The summed E-state index contributed by atoms with van der Waals surface area (Å²) in [5, 5.41) is 9.66. The smallest absolute Gasteiger partial charge is 0.410 e. The monoisotopic (exact) mass is 631 g/mol. The zero-order valence-electron chi connectivity index (χ0n) is 26.0. The SMILES string of the molecule is CN1CCC[C@H]1COc1nc2c(c(N3CCN(C(=O)OCc4ccccc4)C(CC#N)C3)n1)CCN(c1ccccc1C(F)F)C2. The van der Waals surface area contributed by atoms with Gasteiger partial charge in [0, 0.05) is 49.0 Å². The van der Waals surface area contributed by atoms with Crippen LogP contribution < -0.4 is 14.5 Å². The molecule has 6 rings (SSSR count). The molecule has 3 aliphatic heterocycles. The van der Waals surface area contributed by atoms with Crippen LogP contribution in [-0.4, -0.2) is 84.3 Å². The molecule has 1 amide bonds. The molecule has 242 valence electrons. The van der Waals surface area contributed by atoms with Gasteiger partial charge in [0.05, 0.1) is 30.8 Å². The molecule has 4 heterocycles. The molecular weight excluding hydrogens is 592 g/mol. The van der Waals surface area contributed by atoms with Crippen molar-refractivity contribution >= 4 is 17.6 Å². The molecule has 0 bridgehead atoms. The predicted molar refractivity (Wildman–Crippen MR) is 169 cm³/mol. The maximum Gasteiger partial charge on any atom is 0.410 e. The quantitative estimate of drug-likeness (QED) is 0.316. The van der Waals surface area contributed by atoms with Gasteiger partial charge in [-0.2, -0.15) is 15.2 Å². The van der Waals surface area contributed by atoms with Gasteiger partial charge in [0.1, 0.15) is 19.0 Å². The number of likely N-dealkylation sites (N-methyl/N-ethyl adjacent to an activating group) is 1. The molecule has 3 aromatic rings. The second-order valence-corrected chi connectivity index (χ2v) is 12.1. The lowest BCUT2D eigenvalue weighted by molar-refractivity contribution is 0.0767. The van der Waals surface area contributed by atoms with E-state index in [1.54, 1.807) is 23.1 Å². The molecule has 0 aliphatic carbocycles. The van der Waals surface area contributed by atoms with Crippen LogP contribution in [0.2, 0.25) is 0 Å². The van der Waals surface area contributed by atoms with E-state index in [9.17, 15) is 18.8 Å². The first-order valence-corrected chi connectivity index (χ1v) is 15.8. The standard InChI is InChI=1S/C34H39F2N7O3/c1-40-16-7-10-26(40)23-45-33-38-29-21-41(30-12-6-5-11-28(30)31(35)36)17-14-27(29)32(39-33)42-18-19-43(25(20-42)13-15-37)34(44)46-22-24-8-3-2-4-9-24/h2-6,8-9,11-12,25-26,31H,7,10,13-14,16-23H2,1H3/t25?,26-/m0/s1. The number of nitriles is 1. The Morgan fingerprint density at radius 3 is 2.59 bits per heavy atom. The number of piperazine rings is 1. The molecule has 0 radical (unpaired) electrons. The molecule has 12 heteroatoms. The Labute approximate surface area is 268 Å². The Kier molecular flexibility index (Phi) is 9.78. The van der Waals surface area contributed by atoms with E-state index in [1.807, 2.05) is 35.2 Å². The molecule has 2 aromatic carbocycles. The molecule has 2 fully saturated rings. The highest BCUT2D eigenvalue weighted by Crippen LogP contribution is 2.36. The van der Waals surface area contributed by atoms with Gasteiger partial charge in [-0.25, -0.2) is 13.6 Å². The topological polar surface area (TPSA) is 98.1 Å². The van der Waals surface area contributed by atoms with Crippen LogP contribution in [0.1, 0.15) is 48.1 Å². The number of fused-ring (bicyclic) bond motifs is 1. The van der Waals surface area contributed by atoms with Crippen LogP contribution in [0, 0.1) is 11.3 Å². The van der Waals surface area contributed by atoms with E-state index in [-0.39, 0.29) is 30.6 Å². The van der Waals surface area contributed by atoms with E-state index in [0.29, 0.717) is 57.3 Å². The van der Waals surface area contributed by atoms with Crippen molar-refractivity contribution in [3.05, 3.63) is 77.0 Å². The molecule has 0 N–H and O–H groups in total. The van der Waals surface area contributed by atoms with Gasteiger partial charge < -0.3 is 29.1 Å². The first-order chi connectivity index (χ1) is 22.4. The van der Waals surface area contributed by atoms with E-state index in [0.717, 1.165) is 36.2 Å². The number of hydrogen-bond donors (Lipinski definition) is 0. The van der Waals surface area contributed by atoms with Gasteiger partial charge in [-0.3, -0.25) is 0 Å². The Morgan fingerprint density at radius 2 is 1.83 bits per heavy atom. The van der Waals surface area contributed by atoms with Crippen molar-refractivity contribution in [3.63, 3.8) is 0 Å². The fourth-order valence-corrected chi connectivity index (χ4v) is 6.61. The van der Waals surface area contributed by atoms with Gasteiger partial charge in [-0.05, 0) is 44.5 Å². The van der Waals surface area contributed by atoms with Gasteiger partial charge in [-0.1, -0.05) is 48.5 Å². The van der Waals surface area contributed by atoms with Crippen molar-refractivity contribution in [2.24, 2.45) is 0 Å². The number of amides is 1. The molecule has 1 aromatic heterocycles.